The van der Waals surface area contributed by atoms with Crippen LogP contribution in [0.15, 0.2) is 28.0 Å². The highest BCUT2D eigenvalue weighted by Crippen LogP contribution is 2.35. The SMILES string of the molecule is NS(=O)(=O)c1cccc2c1SCC2. The molecule has 0 radical (unpaired) electrons. The zero-order valence-electron chi connectivity index (χ0n) is 6.86. The van der Waals surface area contributed by atoms with Gasteiger partial charge < -0.3 is 0 Å². The lowest BCUT2D eigenvalue weighted by molar-refractivity contribution is 0.595. The Hall–Kier alpha value is -0.520. The van der Waals surface area contributed by atoms with Crippen molar-refractivity contribution < 1.29 is 8.42 Å². The molecule has 0 spiro atoms. The van der Waals surface area contributed by atoms with Gasteiger partial charge in [0.1, 0.15) is 0 Å². The Kier molecular flexibility index (Phi) is 2.09. The first-order chi connectivity index (χ1) is 6.09. The molecule has 1 aliphatic rings. The van der Waals surface area contributed by atoms with Crippen molar-refractivity contribution in [3.63, 3.8) is 0 Å². The van der Waals surface area contributed by atoms with E-state index in [0.29, 0.717) is 0 Å². The van der Waals surface area contributed by atoms with Crippen molar-refractivity contribution in [2.45, 2.75) is 16.2 Å². The first-order valence-corrected chi connectivity index (χ1v) is 6.40. The number of nitrogens with two attached hydrogens (primary N) is 1. The third kappa shape index (κ3) is 1.59. The van der Waals surface area contributed by atoms with Crippen LogP contribution in [0.1, 0.15) is 5.56 Å². The number of aryl methyl sites for hydroxylation is 1. The lowest BCUT2D eigenvalue weighted by Crippen LogP contribution is -2.13. The van der Waals surface area contributed by atoms with Gasteiger partial charge in [-0.25, -0.2) is 13.6 Å². The molecule has 0 fully saturated rings. The molecular formula is C8H9NO2S2. The molecule has 0 unspecified atom stereocenters. The lowest BCUT2D eigenvalue weighted by atomic mass is 10.2. The number of thioether (sulfide) groups is 1. The second kappa shape index (κ2) is 3.01. The number of hydrogen-bond acceptors (Lipinski definition) is 3. The summed E-state index contributed by atoms with van der Waals surface area (Å²) in [5.41, 5.74) is 1.09. The van der Waals surface area contributed by atoms with Crippen LogP contribution in [0.2, 0.25) is 0 Å². The molecule has 1 heterocycles. The van der Waals surface area contributed by atoms with Gasteiger partial charge >= 0.3 is 0 Å². The van der Waals surface area contributed by atoms with Crippen molar-refractivity contribution in [2.24, 2.45) is 5.14 Å². The topological polar surface area (TPSA) is 60.2 Å². The van der Waals surface area contributed by atoms with Gasteiger partial charge in [-0.2, -0.15) is 0 Å². The van der Waals surface area contributed by atoms with E-state index in [0.717, 1.165) is 22.6 Å². The Labute approximate surface area is 81.4 Å². The van der Waals surface area contributed by atoms with Crippen LogP contribution in [0.25, 0.3) is 0 Å². The van der Waals surface area contributed by atoms with E-state index < -0.39 is 10.0 Å². The van der Waals surface area contributed by atoms with Crippen molar-refractivity contribution >= 4 is 21.8 Å². The average Bonchev–Trinajstić information content (AvgIpc) is 2.48. The highest BCUT2D eigenvalue weighted by Gasteiger charge is 2.20. The summed E-state index contributed by atoms with van der Waals surface area (Å²) >= 11 is 1.56. The van der Waals surface area contributed by atoms with E-state index in [-0.39, 0.29) is 4.90 Å². The predicted molar refractivity (Wildman–Crippen MR) is 52.2 cm³/mol. The molecule has 1 aliphatic heterocycles. The molecule has 0 bridgehead atoms. The van der Waals surface area contributed by atoms with Gasteiger partial charge in [0, 0.05) is 10.6 Å². The van der Waals surface area contributed by atoms with Crippen LogP contribution in [0, 0.1) is 0 Å². The molecule has 0 amide bonds. The minimum Gasteiger partial charge on any atom is -0.225 e. The molecule has 0 saturated heterocycles. The normalized spacial score (nSPS) is 15.8. The summed E-state index contributed by atoms with van der Waals surface area (Å²) in [5, 5.41) is 5.09. The number of rotatable bonds is 1. The minimum absolute atomic E-state index is 0.271. The molecule has 1 aromatic carbocycles. The zero-order chi connectivity index (χ0) is 9.47. The smallest absolute Gasteiger partial charge is 0.225 e. The average molecular weight is 215 g/mol. The third-order valence-corrected chi connectivity index (χ3v) is 4.25. The molecule has 3 nitrogen and oxygen atoms in total. The number of sulfonamides is 1. The van der Waals surface area contributed by atoms with Gasteiger partial charge in [-0.1, -0.05) is 12.1 Å². The molecular weight excluding hydrogens is 206 g/mol. The highest BCUT2D eigenvalue weighted by atomic mass is 32.2. The van der Waals surface area contributed by atoms with Gasteiger partial charge in [0.15, 0.2) is 0 Å². The first-order valence-electron chi connectivity index (χ1n) is 3.86. The molecule has 0 atom stereocenters. The maximum absolute atomic E-state index is 11.2. The van der Waals surface area contributed by atoms with Crippen LogP contribution in [-0.2, 0) is 16.4 Å². The maximum atomic E-state index is 11.2. The third-order valence-electron chi connectivity index (χ3n) is 1.98. The van der Waals surface area contributed by atoms with E-state index in [4.69, 9.17) is 5.14 Å². The van der Waals surface area contributed by atoms with Gasteiger partial charge in [-0.15, -0.1) is 11.8 Å². The summed E-state index contributed by atoms with van der Waals surface area (Å²) in [6.07, 6.45) is 0.934. The summed E-state index contributed by atoms with van der Waals surface area (Å²) in [4.78, 5) is 1.11. The Morgan fingerprint density at radius 1 is 1.38 bits per heavy atom. The Bertz CT molecular complexity index is 439. The second-order valence-corrected chi connectivity index (χ2v) is 5.52. The number of hydrogen-bond donors (Lipinski definition) is 1. The standard InChI is InChI=1S/C8H9NO2S2/c9-13(10,11)7-3-1-2-6-4-5-12-8(6)7/h1-3H,4-5H2,(H2,9,10,11). The summed E-state index contributed by atoms with van der Waals surface area (Å²) in [7, 11) is -3.55. The Morgan fingerprint density at radius 3 is 2.85 bits per heavy atom. The molecule has 0 aliphatic carbocycles. The second-order valence-electron chi connectivity index (χ2n) is 2.89. The first kappa shape index (κ1) is 9.05. The Balaban J connectivity index is 2.67. The molecule has 2 rings (SSSR count). The van der Waals surface area contributed by atoms with Gasteiger partial charge in [0.05, 0.1) is 4.90 Å². The molecule has 2 N–H and O–H groups in total. The molecule has 0 saturated carbocycles. The van der Waals surface area contributed by atoms with E-state index in [1.807, 2.05) is 6.07 Å². The summed E-state index contributed by atoms with van der Waals surface area (Å²) in [6, 6.07) is 5.25. The molecule has 70 valence electrons. The predicted octanol–water partition coefficient (Wildman–Crippen LogP) is 0.982. The zero-order valence-corrected chi connectivity index (χ0v) is 8.49. The highest BCUT2D eigenvalue weighted by molar-refractivity contribution is 8.00. The fraction of sp³-hybridized carbons (Fsp3) is 0.250. The van der Waals surface area contributed by atoms with Crippen LogP contribution in [0.5, 0.6) is 0 Å². The van der Waals surface area contributed by atoms with Gasteiger partial charge in [0.25, 0.3) is 0 Å². The monoisotopic (exact) mass is 215 g/mol. The van der Waals surface area contributed by atoms with Gasteiger partial charge in [0.2, 0.25) is 10.0 Å². The van der Waals surface area contributed by atoms with E-state index in [9.17, 15) is 8.42 Å². The van der Waals surface area contributed by atoms with Crippen LogP contribution >= 0.6 is 11.8 Å². The summed E-state index contributed by atoms with van der Waals surface area (Å²) < 4.78 is 22.3. The van der Waals surface area contributed by atoms with Crippen LogP contribution < -0.4 is 5.14 Å². The van der Waals surface area contributed by atoms with E-state index in [1.165, 1.54) is 0 Å². The number of benzene rings is 1. The summed E-state index contributed by atoms with van der Waals surface area (Å²) in [5.74, 6) is 0.946. The van der Waals surface area contributed by atoms with E-state index in [2.05, 4.69) is 0 Å². The van der Waals surface area contributed by atoms with E-state index in [1.54, 1.807) is 23.9 Å². The van der Waals surface area contributed by atoms with Crippen molar-refractivity contribution in [1.29, 1.82) is 0 Å². The Morgan fingerprint density at radius 2 is 2.15 bits per heavy atom. The fourth-order valence-corrected chi connectivity index (χ4v) is 3.68. The van der Waals surface area contributed by atoms with E-state index >= 15 is 0 Å². The molecule has 0 aromatic heterocycles. The van der Waals surface area contributed by atoms with Crippen molar-refractivity contribution in [1.82, 2.24) is 0 Å². The number of primary sulfonamides is 1. The largest absolute Gasteiger partial charge is 0.239 e. The molecule has 1 aromatic rings. The quantitative estimate of drug-likeness (QED) is 0.759. The van der Waals surface area contributed by atoms with Crippen LogP contribution in [-0.4, -0.2) is 14.2 Å². The molecule has 5 heteroatoms. The van der Waals surface area contributed by atoms with Crippen molar-refractivity contribution in [3.05, 3.63) is 23.8 Å². The van der Waals surface area contributed by atoms with Crippen LogP contribution in [0.4, 0.5) is 0 Å². The van der Waals surface area contributed by atoms with Gasteiger partial charge in [-0.3, -0.25) is 0 Å². The van der Waals surface area contributed by atoms with Gasteiger partial charge in [-0.05, 0) is 18.1 Å². The van der Waals surface area contributed by atoms with Crippen LogP contribution in [0.3, 0.4) is 0 Å². The number of fused-ring (bicyclic) bond motifs is 1. The molecule has 13 heavy (non-hydrogen) atoms. The fourth-order valence-electron chi connectivity index (χ4n) is 1.41. The van der Waals surface area contributed by atoms with Crippen molar-refractivity contribution in [2.75, 3.05) is 5.75 Å². The summed E-state index contributed by atoms with van der Waals surface area (Å²) in [6.45, 7) is 0. The minimum atomic E-state index is -3.55. The lowest BCUT2D eigenvalue weighted by Gasteiger charge is -2.03. The van der Waals surface area contributed by atoms with Crippen molar-refractivity contribution in [3.8, 4) is 0 Å². The maximum Gasteiger partial charge on any atom is 0.239 e.